The van der Waals surface area contributed by atoms with Gasteiger partial charge in [-0.3, -0.25) is 4.98 Å². The van der Waals surface area contributed by atoms with Crippen LogP contribution >= 0.6 is 0 Å². The molecule has 0 atom stereocenters. The topological polar surface area (TPSA) is 28.7 Å². The van der Waals surface area contributed by atoms with Crippen molar-refractivity contribution in [2.24, 2.45) is 0 Å². The van der Waals surface area contributed by atoms with Gasteiger partial charge in [-0.05, 0) is 29.8 Å². The van der Waals surface area contributed by atoms with Gasteiger partial charge in [0.25, 0.3) is 0 Å². The Kier molecular flexibility index (Phi) is 2.74. The van der Waals surface area contributed by atoms with E-state index in [9.17, 15) is 17.6 Å². The zero-order valence-electron chi connectivity index (χ0n) is 10.0. The molecule has 0 saturated carbocycles. The van der Waals surface area contributed by atoms with Gasteiger partial charge >= 0.3 is 6.18 Å². The number of H-pyrrole nitrogens is 1. The minimum absolute atomic E-state index is 0.266. The van der Waals surface area contributed by atoms with Crippen molar-refractivity contribution in [3.8, 4) is 11.1 Å². The number of benzene rings is 1. The fourth-order valence-electron chi connectivity index (χ4n) is 2.01. The van der Waals surface area contributed by atoms with E-state index in [1.165, 1.54) is 12.3 Å². The van der Waals surface area contributed by atoms with Crippen molar-refractivity contribution in [2.75, 3.05) is 0 Å². The van der Waals surface area contributed by atoms with Gasteiger partial charge in [0.05, 0.1) is 16.6 Å². The summed E-state index contributed by atoms with van der Waals surface area (Å²) in [5.74, 6) is -1.28. The highest BCUT2D eigenvalue weighted by Crippen LogP contribution is 2.34. The van der Waals surface area contributed by atoms with Crippen molar-refractivity contribution < 1.29 is 17.6 Å². The third-order valence-electron chi connectivity index (χ3n) is 3.00. The largest absolute Gasteiger partial charge is 0.419 e. The molecule has 102 valence electrons. The summed E-state index contributed by atoms with van der Waals surface area (Å²) in [7, 11) is 0. The molecule has 20 heavy (non-hydrogen) atoms. The molecule has 0 spiro atoms. The van der Waals surface area contributed by atoms with Crippen molar-refractivity contribution in [3.63, 3.8) is 0 Å². The van der Waals surface area contributed by atoms with Crippen LogP contribution in [-0.2, 0) is 6.18 Å². The minimum Gasteiger partial charge on any atom is -0.360 e. The lowest BCUT2D eigenvalue weighted by molar-refractivity contribution is -0.139. The number of hydrogen-bond donors (Lipinski definition) is 1. The number of aromatic nitrogens is 2. The van der Waals surface area contributed by atoms with Crippen molar-refractivity contribution >= 4 is 11.0 Å². The third-order valence-corrected chi connectivity index (χ3v) is 3.00. The predicted octanol–water partition coefficient (Wildman–Crippen LogP) is 4.39. The van der Waals surface area contributed by atoms with Gasteiger partial charge in [0.1, 0.15) is 5.82 Å². The van der Waals surface area contributed by atoms with Crippen LogP contribution in [0.5, 0.6) is 0 Å². The summed E-state index contributed by atoms with van der Waals surface area (Å²) in [5, 5.41) is 0. The molecule has 0 aliphatic rings. The molecule has 0 bridgehead atoms. The van der Waals surface area contributed by atoms with E-state index in [-0.39, 0.29) is 5.56 Å². The highest BCUT2D eigenvalue weighted by atomic mass is 19.4. The molecule has 0 amide bonds. The second kappa shape index (κ2) is 4.33. The number of aromatic amines is 1. The number of nitrogens with zero attached hydrogens (tertiary/aromatic N) is 1. The molecule has 0 unspecified atom stereocenters. The number of nitrogens with one attached hydrogen (secondary N) is 1. The second-order valence-electron chi connectivity index (χ2n) is 4.33. The van der Waals surface area contributed by atoms with Crippen LogP contribution in [-0.4, -0.2) is 9.97 Å². The highest BCUT2D eigenvalue weighted by molar-refractivity contribution is 5.80. The lowest BCUT2D eigenvalue weighted by Crippen LogP contribution is -2.08. The van der Waals surface area contributed by atoms with Gasteiger partial charge in [-0.1, -0.05) is 6.07 Å². The number of hydrogen-bond acceptors (Lipinski definition) is 1. The summed E-state index contributed by atoms with van der Waals surface area (Å²) in [5.41, 5.74) is 0.905. The smallest absolute Gasteiger partial charge is 0.360 e. The maximum atomic E-state index is 13.2. The Hall–Kier alpha value is -2.37. The first-order valence-corrected chi connectivity index (χ1v) is 5.75. The molecule has 3 aromatic rings. The van der Waals surface area contributed by atoms with Gasteiger partial charge < -0.3 is 4.98 Å². The van der Waals surface area contributed by atoms with E-state index in [1.807, 2.05) is 0 Å². The lowest BCUT2D eigenvalue weighted by Gasteiger charge is -2.10. The highest BCUT2D eigenvalue weighted by Gasteiger charge is 2.34. The summed E-state index contributed by atoms with van der Waals surface area (Å²) in [6.45, 7) is 0. The first-order chi connectivity index (χ1) is 9.45. The van der Waals surface area contributed by atoms with Crippen LogP contribution < -0.4 is 0 Å². The molecule has 1 aromatic carbocycles. The maximum absolute atomic E-state index is 13.2. The second-order valence-corrected chi connectivity index (χ2v) is 4.33. The molecule has 0 radical (unpaired) electrons. The van der Waals surface area contributed by atoms with Gasteiger partial charge in [0.15, 0.2) is 0 Å². The Bertz CT molecular complexity index is 774. The van der Waals surface area contributed by atoms with Crippen LogP contribution in [0.1, 0.15) is 5.56 Å². The summed E-state index contributed by atoms with van der Waals surface area (Å²) >= 11 is 0. The molecule has 0 aliphatic carbocycles. The molecule has 2 nitrogen and oxygen atoms in total. The first kappa shape index (κ1) is 12.7. The Morgan fingerprint density at radius 1 is 1.00 bits per heavy atom. The van der Waals surface area contributed by atoms with Crippen LogP contribution in [0.3, 0.4) is 0 Å². The Morgan fingerprint density at radius 2 is 1.80 bits per heavy atom. The van der Waals surface area contributed by atoms with Crippen LogP contribution in [0, 0.1) is 5.82 Å². The fourth-order valence-corrected chi connectivity index (χ4v) is 2.01. The van der Waals surface area contributed by atoms with Crippen molar-refractivity contribution in [3.05, 3.63) is 54.1 Å². The fraction of sp³-hybridized carbons (Fsp3) is 0.0714. The van der Waals surface area contributed by atoms with E-state index in [0.717, 1.165) is 12.1 Å². The maximum Gasteiger partial charge on any atom is 0.419 e. The number of halogens is 4. The van der Waals surface area contributed by atoms with Crippen LogP contribution in [0.2, 0.25) is 0 Å². The molecule has 1 N–H and O–H groups in total. The summed E-state index contributed by atoms with van der Waals surface area (Å²) in [4.78, 5) is 7.05. The number of rotatable bonds is 1. The Morgan fingerprint density at radius 3 is 2.55 bits per heavy atom. The number of alkyl halides is 3. The molecule has 2 heterocycles. The molecular formula is C14H8F4N2. The zero-order chi connectivity index (χ0) is 14.3. The molecule has 0 fully saturated rings. The summed E-state index contributed by atoms with van der Waals surface area (Å²) in [6.07, 6.45) is -1.57. The van der Waals surface area contributed by atoms with Crippen molar-refractivity contribution in [1.29, 1.82) is 0 Å². The normalized spacial score (nSPS) is 12.0. The standard InChI is InChI=1S/C14H8F4N2/c15-11-2-1-8(5-10(11)14(16,17)18)9-6-13-12(20-7-9)3-4-19-13/h1-7,19H. The molecule has 0 saturated heterocycles. The van der Waals surface area contributed by atoms with Gasteiger partial charge in [-0.25, -0.2) is 4.39 Å². The SMILES string of the molecule is Fc1ccc(-c2cnc3cc[nH]c3c2)cc1C(F)(F)F. The summed E-state index contributed by atoms with van der Waals surface area (Å²) in [6, 6.07) is 6.34. The zero-order valence-corrected chi connectivity index (χ0v) is 10.0. The number of pyridine rings is 1. The molecule has 0 aliphatic heterocycles. The molecule has 6 heteroatoms. The van der Waals surface area contributed by atoms with E-state index >= 15 is 0 Å². The van der Waals surface area contributed by atoms with Crippen LogP contribution in [0.15, 0.2) is 42.7 Å². The van der Waals surface area contributed by atoms with Crippen LogP contribution in [0.25, 0.3) is 22.2 Å². The lowest BCUT2D eigenvalue weighted by atomic mass is 10.0. The Labute approximate surface area is 111 Å². The first-order valence-electron chi connectivity index (χ1n) is 5.75. The van der Waals surface area contributed by atoms with E-state index < -0.39 is 17.6 Å². The summed E-state index contributed by atoms with van der Waals surface area (Å²) < 4.78 is 51.3. The monoisotopic (exact) mass is 280 g/mol. The van der Waals surface area contributed by atoms with E-state index in [4.69, 9.17) is 0 Å². The van der Waals surface area contributed by atoms with Crippen molar-refractivity contribution in [2.45, 2.75) is 6.18 Å². The van der Waals surface area contributed by atoms with E-state index in [0.29, 0.717) is 16.6 Å². The van der Waals surface area contributed by atoms with Crippen molar-refractivity contribution in [1.82, 2.24) is 9.97 Å². The average molecular weight is 280 g/mol. The van der Waals surface area contributed by atoms with Gasteiger partial charge in [0, 0.05) is 18.0 Å². The van der Waals surface area contributed by atoms with Gasteiger partial charge in [-0.2, -0.15) is 13.2 Å². The van der Waals surface area contributed by atoms with E-state index in [2.05, 4.69) is 9.97 Å². The number of fused-ring (bicyclic) bond motifs is 1. The van der Waals surface area contributed by atoms with Crippen LogP contribution in [0.4, 0.5) is 17.6 Å². The van der Waals surface area contributed by atoms with Gasteiger partial charge in [-0.15, -0.1) is 0 Å². The average Bonchev–Trinajstić information content (AvgIpc) is 2.85. The molecule has 3 rings (SSSR count). The predicted molar refractivity (Wildman–Crippen MR) is 66.5 cm³/mol. The molecular weight excluding hydrogens is 272 g/mol. The van der Waals surface area contributed by atoms with E-state index in [1.54, 1.807) is 18.3 Å². The minimum atomic E-state index is -4.72. The quantitative estimate of drug-likeness (QED) is 0.658. The third kappa shape index (κ3) is 2.13. The van der Waals surface area contributed by atoms with Gasteiger partial charge in [0.2, 0.25) is 0 Å². The Balaban J connectivity index is 2.14. The molecule has 2 aromatic heterocycles.